The van der Waals surface area contributed by atoms with Gasteiger partial charge in [-0.1, -0.05) is 25.7 Å². The van der Waals surface area contributed by atoms with Gasteiger partial charge in [-0.3, -0.25) is 19.2 Å². The number of esters is 1. The van der Waals surface area contributed by atoms with Crippen LogP contribution in [0.4, 0.5) is 10.1 Å². The molecule has 1 N–H and O–H groups in total. The Kier molecular flexibility index (Phi) is 5.99. The summed E-state index contributed by atoms with van der Waals surface area (Å²) in [4.78, 5) is 40.5. The Balaban J connectivity index is 1.73. The van der Waals surface area contributed by atoms with Crippen molar-refractivity contribution in [2.24, 2.45) is 0 Å². The van der Waals surface area contributed by atoms with Gasteiger partial charge in [0, 0.05) is 17.8 Å². The number of nitrogens with one attached hydrogen (secondary N) is 1. The molecule has 9 heteroatoms. The van der Waals surface area contributed by atoms with E-state index in [9.17, 15) is 18.8 Å². The van der Waals surface area contributed by atoms with Crippen LogP contribution < -0.4 is 10.2 Å². The second kappa shape index (κ2) is 8.72. The summed E-state index contributed by atoms with van der Waals surface area (Å²) in [5, 5.41) is 7.34. The van der Waals surface area contributed by atoms with E-state index >= 15 is 0 Å². The van der Waals surface area contributed by atoms with Crippen molar-refractivity contribution in [1.29, 1.82) is 0 Å². The van der Waals surface area contributed by atoms with Gasteiger partial charge in [-0.05, 0) is 44.0 Å². The van der Waals surface area contributed by atoms with E-state index in [2.05, 4.69) is 10.4 Å². The van der Waals surface area contributed by atoms with Crippen molar-refractivity contribution < 1.29 is 23.5 Å². The summed E-state index contributed by atoms with van der Waals surface area (Å²) in [6.07, 6.45) is 6.19. The molecule has 1 aliphatic heterocycles. The molecular weight excluding hydrogens is 415 g/mol. The molecule has 1 aromatic heterocycles. The first-order chi connectivity index (χ1) is 15.3. The topological polar surface area (TPSA) is 93.5 Å². The third-order valence-electron chi connectivity index (χ3n) is 6.31. The summed E-state index contributed by atoms with van der Waals surface area (Å²) < 4.78 is 19.7. The van der Waals surface area contributed by atoms with Crippen molar-refractivity contribution in [2.75, 3.05) is 12.0 Å². The van der Waals surface area contributed by atoms with Crippen LogP contribution in [0.1, 0.15) is 66.4 Å². The molecule has 170 valence electrons. The summed E-state index contributed by atoms with van der Waals surface area (Å²) >= 11 is 0. The van der Waals surface area contributed by atoms with Crippen LogP contribution in [0.15, 0.2) is 30.3 Å². The van der Waals surface area contributed by atoms with Gasteiger partial charge in [0.05, 0.1) is 13.7 Å². The number of carbonyl (C=O) groups excluding carboxylic acids is 3. The highest BCUT2D eigenvalue weighted by molar-refractivity contribution is 6.12. The molecule has 2 heterocycles. The van der Waals surface area contributed by atoms with Gasteiger partial charge in [0.2, 0.25) is 5.91 Å². The molecule has 1 aliphatic carbocycles. The van der Waals surface area contributed by atoms with Crippen LogP contribution in [0.3, 0.4) is 0 Å². The van der Waals surface area contributed by atoms with E-state index in [-0.39, 0.29) is 29.9 Å². The minimum atomic E-state index is -1.33. The van der Waals surface area contributed by atoms with E-state index in [4.69, 9.17) is 4.74 Å². The molecule has 1 atom stereocenters. The lowest BCUT2D eigenvalue weighted by Gasteiger charge is -2.43. The number of anilines is 1. The minimum absolute atomic E-state index is 0.0108. The highest BCUT2D eigenvalue weighted by Gasteiger charge is 2.49. The molecule has 1 fully saturated rings. The molecule has 1 saturated carbocycles. The van der Waals surface area contributed by atoms with Gasteiger partial charge >= 0.3 is 5.97 Å². The number of nitrogens with zero attached hydrogens (tertiary/aromatic N) is 3. The maximum Gasteiger partial charge on any atom is 0.358 e. The number of hydrogen-bond acceptors (Lipinski definition) is 5. The molecule has 8 nitrogen and oxygen atoms in total. The van der Waals surface area contributed by atoms with Crippen molar-refractivity contribution in [2.45, 2.75) is 63.6 Å². The Morgan fingerprint density at radius 3 is 2.44 bits per heavy atom. The van der Waals surface area contributed by atoms with Gasteiger partial charge in [-0.15, -0.1) is 0 Å². The van der Waals surface area contributed by atoms with Crippen molar-refractivity contribution in [1.82, 2.24) is 15.1 Å². The summed E-state index contributed by atoms with van der Waals surface area (Å²) in [6.45, 7) is 1.71. The molecular formula is C23H27FN4O4. The van der Waals surface area contributed by atoms with E-state index in [1.165, 1.54) is 47.0 Å². The fourth-order valence-corrected chi connectivity index (χ4v) is 4.55. The van der Waals surface area contributed by atoms with E-state index in [0.717, 1.165) is 38.5 Å². The third kappa shape index (κ3) is 3.99. The van der Waals surface area contributed by atoms with E-state index in [1.54, 1.807) is 6.92 Å². The summed E-state index contributed by atoms with van der Waals surface area (Å²) in [5.74, 6) is -1.91. The van der Waals surface area contributed by atoms with Gasteiger partial charge in [0.1, 0.15) is 17.1 Å². The lowest BCUT2D eigenvalue weighted by atomic mass is 9.93. The number of methoxy groups -OCH3 is 1. The van der Waals surface area contributed by atoms with Gasteiger partial charge in [-0.2, -0.15) is 5.10 Å². The number of ether oxygens (including phenoxy) is 1. The fourth-order valence-electron chi connectivity index (χ4n) is 4.55. The lowest BCUT2D eigenvalue weighted by Crippen LogP contribution is -2.65. The monoisotopic (exact) mass is 442 g/mol. The average molecular weight is 442 g/mol. The van der Waals surface area contributed by atoms with Crippen molar-refractivity contribution >= 4 is 23.5 Å². The third-order valence-corrected chi connectivity index (χ3v) is 6.31. The van der Waals surface area contributed by atoms with Crippen molar-refractivity contribution in [3.63, 3.8) is 0 Å². The van der Waals surface area contributed by atoms with Crippen molar-refractivity contribution in [3.05, 3.63) is 47.5 Å². The Morgan fingerprint density at radius 2 is 1.81 bits per heavy atom. The van der Waals surface area contributed by atoms with Crippen LogP contribution >= 0.6 is 0 Å². The van der Waals surface area contributed by atoms with Crippen LogP contribution in [0.2, 0.25) is 0 Å². The van der Waals surface area contributed by atoms with Gasteiger partial charge in [0.25, 0.3) is 5.91 Å². The standard InChI is InChI=1S/C23H27FN4O4/c1-23(22(31)25-16-7-5-3-4-6-8-16)14-27-19(13-18(26-27)21(30)32-2)20(29)28(23)17-11-9-15(24)10-12-17/h9-13,16H,3-8,14H2,1-2H3,(H,25,31)/t23-/m1/s1. The predicted octanol–water partition coefficient (Wildman–Crippen LogP) is 3.07. The molecule has 4 rings (SSSR count). The minimum Gasteiger partial charge on any atom is -0.464 e. The second-order valence-electron chi connectivity index (χ2n) is 8.62. The van der Waals surface area contributed by atoms with Crippen LogP contribution in [-0.4, -0.2) is 46.3 Å². The summed E-state index contributed by atoms with van der Waals surface area (Å²) in [6, 6.07) is 6.83. The van der Waals surface area contributed by atoms with Crippen LogP contribution in [0.25, 0.3) is 0 Å². The molecule has 0 spiro atoms. The quantitative estimate of drug-likeness (QED) is 0.580. The SMILES string of the molecule is COC(=O)c1cc2n(n1)C[C@](C)(C(=O)NC1CCCCCC1)N(c1ccc(F)cc1)C2=O. The molecule has 0 saturated heterocycles. The largest absolute Gasteiger partial charge is 0.464 e. The predicted molar refractivity (Wildman–Crippen MR) is 115 cm³/mol. The number of benzene rings is 1. The average Bonchev–Trinajstić information content (AvgIpc) is 3.03. The molecule has 2 amide bonds. The Morgan fingerprint density at radius 1 is 1.16 bits per heavy atom. The summed E-state index contributed by atoms with van der Waals surface area (Å²) in [7, 11) is 1.23. The molecule has 2 aliphatic rings. The lowest BCUT2D eigenvalue weighted by molar-refractivity contribution is -0.127. The smallest absolute Gasteiger partial charge is 0.358 e. The highest BCUT2D eigenvalue weighted by atomic mass is 19.1. The van der Waals surface area contributed by atoms with Gasteiger partial charge < -0.3 is 10.1 Å². The first-order valence-electron chi connectivity index (χ1n) is 10.9. The van der Waals surface area contributed by atoms with Crippen molar-refractivity contribution in [3.8, 4) is 0 Å². The number of hydrogen-bond donors (Lipinski definition) is 1. The Labute approximate surface area is 185 Å². The zero-order chi connectivity index (χ0) is 22.9. The number of rotatable bonds is 4. The number of aromatic nitrogens is 2. The van der Waals surface area contributed by atoms with Crippen LogP contribution in [0, 0.1) is 5.82 Å². The van der Waals surface area contributed by atoms with Gasteiger partial charge in [-0.25, -0.2) is 9.18 Å². The first kappa shape index (κ1) is 22.0. The molecule has 0 bridgehead atoms. The second-order valence-corrected chi connectivity index (χ2v) is 8.62. The Hall–Kier alpha value is -3.23. The highest BCUT2D eigenvalue weighted by Crippen LogP contribution is 2.33. The number of fused-ring (bicyclic) bond motifs is 1. The number of carbonyl (C=O) groups is 3. The number of halogens is 1. The Bertz CT molecular complexity index is 1030. The maximum atomic E-state index is 13.6. The maximum absolute atomic E-state index is 13.6. The molecule has 0 unspecified atom stereocenters. The van der Waals surface area contributed by atoms with Crippen LogP contribution in [-0.2, 0) is 16.1 Å². The molecule has 0 radical (unpaired) electrons. The normalized spacial score (nSPS) is 21.6. The molecule has 2 aromatic rings. The molecule has 1 aromatic carbocycles. The molecule has 32 heavy (non-hydrogen) atoms. The van der Waals surface area contributed by atoms with E-state index in [0.29, 0.717) is 5.69 Å². The van der Waals surface area contributed by atoms with E-state index in [1.807, 2.05) is 0 Å². The number of amides is 2. The first-order valence-corrected chi connectivity index (χ1v) is 10.9. The van der Waals surface area contributed by atoms with Crippen LogP contribution in [0.5, 0.6) is 0 Å². The fraction of sp³-hybridized carbons (Fsp3) is 0.478. The zero-order valence-corrected chi connectivity index (χ0v) is 18.3. The van der Waals surface area contributed by atoms with E-state index < -0.39 is 23.2 Å². The van der Waals surface area contributed by atoms with Gasteiger partial charge in [0.15, 0.2) is 5.69 Å². The summed E-state index contributed by atoms with van der Waals surface area (Å²) in [5.41, 5.74) is -0.784. The zero-order valence-electron chi connectivity index (χ0n) is 18.3.